The van der Waals surface area contributed by atoms with Gasteiger partial charge in [-0.1, -0.05) is 29.4 Å². The van der Waals surface area contributed by atoms with E-state index in [2.05, 4.69) is 21.2 Å². The van der Waals surface area contributed by atoms with Gasteiger partial charge in [0.15, 0.2) is 5.82 Å². The average Bonchev–Trinajstić information content (AvgIpc) is 3.29. The largest absolute Gasteiger partial charge is 0.508 e. The van der Waals surface area contributed by atoms with Gasteiger partial charge in [0.05, 0.1) is 16.6 Å². The summed E-state index contributed by atoms with van der Waals surface area (Å²) in [4.78, 5) is 7.60. The fourth-order valence-electron chi connectivity index (χ4n) is 3.02. The molecule has 2 N–H and O–H groups in total. The molecule has 0 radical (unpaired) electrons. The number of aromatic nitrogens is 3. The van der Waals surface area contributed by atoms with Crippen molar-refractivity contribution in [2.75, 3.05) is 0 Å². The van der Waals surface area contributed by atoms with Crippen LogP contribution < -0.4 is 0 Å². The van der Waals surface area contributed by atoms with Gasteiger partial charge in [0.2, 0.25) is 0 Å². The summed E-state index contributed by atoms with van der Waals surface area (Å²) >= 11 is 0. The van der Waals surface area contributed by atoms with E-state index in [0.29, 0.717) is 29.4 Å². The number of nitrogens with zero attached hydrogens (tertiary/aromatic N) is 3. The number of rotatable bonds is 4. The molecule has 2 heterocycles. The van der Waals surface area contributed by atoms with Crippen molar-refractivity contribution < 1.29 is 9.63 Å². The Balaban J connectivity index is 1.58. The Morgan fingerprint density at radius 2 is 2.12 bits per heavy atom. The maximum atomic E-state index is 9.60. The van der Waals surface area contributed by atoms with Crippen LogP contribution in [0.15, 0.2) is 47.1 Å². The zero-order chi connectivity index (χ0) is 18.1. The molecule has 6 heteroatoms. The number of aromatic amines is 1. The number of benzene rings is 2. The Labute approximate surface area is 149 Å². The molecule has 0 aliphatic carbocycles. The average molecular weight is 344 g/mol. The molecule has 0 aliphatic heterocycles. The quantitative estimate of drug-likeness (QED) is 0.585. The van der Waals surface area contributed by atoms with Crippen LogP contribution in [-0.4, -0.2) is 20.2 Å². The number of phenolic OH excluding ortho intramolecular Hbond substituents is 1. The van der Waals surface area contributed by atoms with Crippen molar-refractivity contribution in [1.82, 2.24) is 15.1 Å². The number of fused-ring (bicyclic) bond motifs is 1. The van der Waals surface area contributed by atoms with E-state index in [0.717, 1.165) is 34.0 Å². The lowest BCUT2D eigenvalue weighted by atomic mass is 10.1. The summed E-state index contributed by atoms with van der Waals surface area (Å²) < 4.78 is 5.43. The van der Waals surface area contributed by atoms with E-state index in [-0.39, 0.29) is 0 Å². The predicted molar refractivity (Wildman–Crippen MR) is 96.6 cm³/mol. The molecule has 0 bridgehead atoms. The lowest BCUT2D eigenvalue weighted by Gasteiger charge is -2.02. The number of hydrogen-bond donors (Lipinski definition) is 2. The molecule has 26 heavy (non-hydrogen) atoms. The molecule has 0 spiro atoms. The third kappa shape index (κ3) is 2.80. The monoisotopic (exact) mass is 344 g/mol. The number of para-hydroxylation sites is 1. The predicted octanol–water partition coefficient (Wildman–Crippen LogP) is 3.89. The standard InChI is InChI=1S/C20H16N4O2/c1-12-9-13(5-7-17(12)25)6-8-18-23-20(26-24-18)16-4-2-3-15-14(10-21)11-22-19(15)16/h2-5,7,9,11,22,25H,6,8H2,1H3. The molecule has 0 aliphatic rings. The van der Waals surface area contributed by atoms with Crippen LogP contribution in [0, 0.1) is 18.3 Å². The highest BCUT2D eigenvalue weighted by Crippen LogP contribution is 2.28. The number of nitriles is 1. The molecule has 0 atom stereocenters. The molecule has 6 nitrogen and oxygen atoms in total. The molecule has 2 aromatic carbocycles. The van der Waals surface area contributed by atoms with Gasteiger partial charge in [-0.05, 0) is 36.6 Å². The Morgan fingerprint density at radius 3 is 2.92 bits per heavy atom. The molecular formula is C20H16N4O2. The first kappa shape index (κ1) is 15.9. The third-order valence-electron chi connectivity index (χ3n) is 4.43. The smallest absolute Gasteiger partial charge is 0.260 e. The first-order chi connectivity index (χ1) is 12.7. The van der Waals surface area contributed by atoms with Crippen molar-refractivity contribution in [1.29, 1.82) is 5.26 Å². The lowest BCUT2D eigenvalue weighted by Crippen LogP contribution is -1.94. The van der Waals surface area contributed by atoms with Crippen LogP contribution in [0.1, 0.15) is 22.5 Å². The number of H-pyrrole nitrogens is 1. The minimum Gasteiger partial charge on any atom is -0.508 e. The Bertz CT molecular complexity index is 1130. The molecule has 0 fully saturated rings. The van der Waals surface area contributed by atoms with Gasteiger partial charge in [-0.2, -0.15) is 10.2 Å². The molecule has 0 saturated carbocycles. The summed E-state index contributed by atoms with van der Waals surface area (Å²) in [5.74, 6) is 1.35. The van der Waals surface area contributed by atoms with Crippen LogP contribution in [0.2, 0.25) is 0 Å². The highest BCUT2D eigenvalue weighted by Gasteiger charge is 2.14. The van der Waals surface area contributed by atoms with Crippen LogP contribution in [0.5, 0.6) is 5.75 Å². The minimum atomic E-state index is 0.298. The summed E-state index contributed by atoms with van der Waals surface area (Å²) in [6, 6.07) is 13.4. The fraction of sp³-hybridized carbons (Fsp3) is 0.150. The van der Waals surface area contributed by atoms with Gasteiger partial charge in [0.25, 0.3) is 5.89 Å². The molecule has 0 amide bonds. The van der Waals surface area contributed by atoms with E-state index >= 15 is 0 Å². The van der Waals surface area contributed by atoms with E-state index in [1.54, 1.807) is 12.3 Å². The normalized spacial score (nSPS) is 10.9. The second-order valence-corrected chi connectivity index (χ2v) is 6.18. The van der Waals surface area contributed by atoms with E-state index < -0.39 is 0 Å². The van der Waals surface area contributed by atoms with Crippen LogP contribution >= 0.6 is 0 Å². The van der Waals surface area contributed by atoms with Crippen LogP contribution in [0.3, 0.4) is 0 Å². The molecule has 0 saturated heterocycles. The fourth-order valence-corrected chi connectivity index (χ4v) is 3.02. The van der Waals surface area contributed by atoms with E-state index in [9.17, 15) is 5.11 Å². The number of nitrogens with one attached hydrogen (secondary N) is 1. The number of phenols is 1. The zero-order valence-corrected chi connectivity index (χ0v) is 14.2. The summed E-state index contributed by atoms with van der Waals surface area (Å²) in [6.07, 6.45) is 3.07. The third-order valence-corrected chi connectivity index (χ3v) is 4.43. The molecule has 0 unspecified atom stereocenters. The second-order valence-electron chi connectivity index (χ2n) is 6.18. The highest BCUT2D eigenvalue weighted by molar-refractivity contribution is 5.95. The minimum absolute atomic E-state index is 0.298. The van der Waals surface area contributed by atoms with Crippen LogP contribution in [0.4, 0.5) is 0 Å². The van der Waals surface area contributed by atoms with Gasteiger partial charge >= 0.3 is 0 Å². The van der Waals surface area contributed by atoms with Gasteiger partial charge in [0.1, 0.15) is 11.8 Å². The van der Waals surface area contributed by atoms with Crippen molar-refractivity contribution in [3.8, 4) is 23.3 Å². The van der Waals surface area contributed by atoms with Crippen LogP contribution in [0.25, 0.3) is 22.4 Å². The summed E-state index contributed by atoms with van der Waals surface area (Å²) in [6.45, 7) is 1.87. The van der Waals surface area contributed by atoms with Crippen molar-refractivity contribution in [2.24, 2.45) is 0 Å². The highest BCUT2D eigenvalue weighted by atomic mass is 16.5. The maximum absolute atomic E-state index is 9.60. The summed E-state index contributed by atoms with van der Waals surface area (Å²) in [5, 5.41) is 23.7. The maximum Gasteiger partial charge on any atom is 0.260 e. The SMILES string of the molecule is Cc1cc(CCc2noc(-c3cccc4c(C#N)c[nH]c34)n2)ccc1O. The number of aryl methyl sites for hydroxylation is 3. The molecule has 4 aromatic rings. The Morgan fingerprint density at radius 1 is 1.23 bits per heavy atom. The Hall–Kier alpha value is -3.59. The lowest BCUT2D eigenvalue weighted by molar-refractivity contribution is 0.422. The van der Waals surface area contributed by atoms with Crippen molar-refractivity contribution in [2.45, 2.75) is 19.8 Å². The topological polar surface area (TPSA) is 98.7 Å². The first-order valence-corrected chi connectivity index (χ1v) is 8.27. The van der Waals surface area contributed by atoms with E-state index in [1.807, 2.05) is 37.3 Å². The van der Waals surface area contributed by atoms with Crippen molar-refractivity contribution >= 4 is 10.9 Å². The summed E-state index contributed by atoms with van der Waals surface area (Å²) in [7, 11) is 0. The van der Waals surface area contributed by atoms with Crippen LogP contribution in [-0.2, 0) is 12.8 Å². The Kier molecular flexibility index (Phi) is 3.90. The molecule has 4 rings (SSSR count). The number of aromatic hydroxyl groups is 1. The van der Waals surface area contributed by atoms with Crippen molar-refractivity contribution in [3.05, 3.63) is 65.1 Å². The first-order valence-electron chi connectivity index (χ1n) is 8.27. The van der Waals surface area contributed by atoms with Gasteiger partial charge in [-0.3, -0.25) is 0 Å². The zero-order valence-electron chi connectivity index (χ0n) is 14.2. The molecule has 128 valence electrons. The second kappa shape index (κ2) is 6.37. The van der Waals surface area contributed by atoms with Gasteiger partial charge in [0, 0.05) is 18.0 Å². The van der Waals surface area contributed by atoms with Crippen molar-refractivity contribution in [3.63, 3.8) is 0 Å². The van der Waals surface area contributed by atoms with Gasteiger partial charge in [-0.15, -0.1) is 0 Å². The molecule has 2 aromatic heterocycles. The number of hydrogen-bond acceptors (Lipinski definition) is 5. The molecular weight excluding hydrogens is 328 g/mol. The van der Waals surface area contributed by atoms with E-state index in [4.69, 9.17) is 9.78 Å². The van der Waals surface area contributed by atoms with Gasteiger partial charge in [-0.25, -0.2) is 0 Å². The van der Waals surface area contributed by atoms with E-state index in [1.165, 1.54) is 0 Å². The summed E-state index contributed by atoms with van der Waals surface area (Å²) in [5.41, 5.74) is 4.14. The van der Waals surface area contributed by atoms with Gasteiger partial charge < -0.3 is 14.6 Å².